The second-order valence-electron chi connectivity index (χ2n) is 15.0. The van der Waals surface area contributed by atoms with Crippen molar-refractivity contribution in [1.29, 1.82) is 0 Å². The molecule has 0 aliphatic heterocycles. The molecule has 1 atom stereocenters. The molecule has 0 spiro atoms. The van der Waals surface area contributed by atoms with Crippen molar-refractivity contribution in [2.45, 2.75) is 245 Å². The molecule has 0 saturated heterocycles. The summed E-state index contributed by atoms with van der Waals surface area (Å²) in [5.74, 6) is -0.860. The molecule has 0 rings (SSSR count). The van der Waals surface area contributed by atoms with Gasteiger partial charge in [-0.05, 0) is 26.2 Å². The summed E-state index contributed by atoms with van der Waals surface area (Å²) in [6.45, 7) is 6.82. The van der Waals surface area contributed by atoms with Crippen molar-refractivity contribution < 1.29 is 32.0 Å². The van der Waals surface area contributed by atoms with Gasteiger partial charge in [0.15, 0.2) is 0 Å². The second kappa shape index (κ2) is 42.6. The standard InChI is InChI=1S/C41H81NO4.C2H6O3S/c1-3-5-7-9-11-13-15-17-19-21-23-25-27-29-31-33-37-45-40(43)36-35-39(42)41(44)46-38-34-32-30-28-26-24-22-20-18-16-14-12-10-8-6-4-2;1-2-6(3,4)5/h39H,3-38,42H2,1-2H3;2H2,1H3,(H,3,4,5). The van der Waals surface area contributed by atoms with Gasteiger partial charge in [0.25, 0.3) is 10.1 Å². The molecule has 0 aromatic rings. The zero-order chi connectivity index (χ0) is 38.8. The number of carbonyl (C=O) groups is 2. The van der Waals surface area contributed by atoms with Crippen molar-refractivity contribution >= 4 is 22.1 Å². The van der Waals surface area contributed by atoms with E-state index in [1.165, 1.54) is 187 Å². The summed E-state index contributed by atoms with van der Waals surface area (Å²) in [5.41, 5.74) is 5.95. The van der Waals surface area contributed by atoms with Gasteiger partial charge in [-0.3, -0.25) is 14.1 Å². The lowest BCUT2D eigenvalue weighted by Crippen LogP contribution is -2.33. The molecule has 0 aliphatic rings. The van der Waals surface area contributed by atoms with Crippen LogP contribution in [0.3, 0.4) is 0 Å². The third-order valence-corrected chi connectivity index (χ3v) is 10.6. The van der Waals surface area contributed by atoms with Crippen molar-refractivity contribution in [2.24, 2.45) is 5.73 Å². The third kappa shape index (κ3) is 46.8. The average molecular weight is 762 g/mol. The first-order valence-corrected chi connectivity index (χ1v) is 23.8. The monoisotopic (exact) mass is 762 g/mol. The zero-order valence-corrected chi connectivity index (χ0v) is 35.4. The van der Waals surface area contributed by atoms with Crippen molar-refractivity contribution in [3.8, 4) is 0 Å². The molecule has 8 nitrogen and oxygen atoms in total. The Kier molecular flexibility index (Phi) is 43.3. The lowest BCUT2D eigenvalue weighted by Gasteiger charge is -2.11. The minimum Gasteiger partial charge on any atom is -0.466 e. The fourth-order valence-corrected chi connectivity index (χ4v) is 6.23. The topological polar surface area (TPSA) is 133 Å². The summed E-state index contributed by atoms with van der Waals surface area (Å²) in [7, 11) is -3.66. The molecule has 1 unspecified atom stereocenters. The van der Waals surface area contributed by atoms with Crippen LogP contribution in [-0.4, -0.2) is 49.9 Å². The quantitative estimate of drug-likeness (QED) is 0.0359. The maximum atomic E-state index is 12.1. The molecule has 312 valence electrons. The Balaban J connectivity index is 0. The van der Waals surface area contributed by atoms with Crippen LogP contribution in [0.2, 0.25) is 0 Å². The smallest absolute Gasteiger partial charge is 0.322 e. The molecule has 0 amide bonds. The Morgan fingerprint density at radius 1 is 0.481 bits per heavy atom. The van der Waals surface area contributed by atoms with Gasteiger partial charge < -0.3 is 15.2 Å². The lowest BCUT2D eigenvalue weighted by molar-refractivity contribution is -0.146. The first-order chi connectivity index (χ1) is 25.2. The fourth-order valence-electron chi connectivity index (χ4n) is 6.23. The van der Waals surface area contributed by atoms with E-state index < -0.39 is 22.1 Å². The van der Waals surface area contributed by atoms with E-state index in [-0.39, 0.29) is 24.6 Å². The molecule has 9 heteroatoms. The van der Waals surface area contributed by atoms with Crippen LogP contribution in [0.25, 0.3) is 0 Å². The predicted octanol–water partition coefficient (Wildman–Crippen LogP) is 12.6. The molecule has 0 aliphatic carbocycles. The lowest BCUT2D eigenvalue weighted by atomic mass is 10.0. The number of nitrogens with two attached hydrogens (primary N) is 1. The van der Waals surface area contributed by atoms with Crippen LogP contribution in [0.4, 0.5) is 0 Å². The summed E-state index contributed by atoms with van der Waals surface area (Å²) in [4.78, 5) is 24.2. The Bertz CT molecular complexity index is 852. The van der Waals surface area contributed by atoms with E-state index in [0.29, 0.717) is 13.2 Å². The predicted molar refractivity (Wildman–Crippen MR) is 220 cm³/mol. The van der Waals surface area contributed by atoms with Gasteiger partial charge in [-0.2, -0.15) is 8.42 Å². The molecule has 3 N–H and O–H groups in total. The van der Waals surface area contributed by atoms with Crippen molar-refractivity contribution in [2.75, 3.05) is 19.0 Å². The molecule has 0 heterocycles. The van der Waals surface area contributed by atoms with E-state index in [1.807, 2.05) is 0 Å². The summed E-state index contributed by atoms with van der Waals surface area (Å²) >= 11 is 0. The second-order valence-corrected chi connectivity index (χ2v) is 16.8. The number of hydrogen-bond acceptors (Lipinski definition) is 7. The van der Waals surface area contributed by atoms with Crippen LogP contribution in [0.15, 0.2) is 0 Å². The van der Waals surface area contributed by atoms with Gasteiger partial charge in [0.1, 0.15) is 6.04 Å². The first kappa shape index (κ1) is 52.9. The number of unbranched alkanes of at least 4 members (excludes halogenated alkanes) is 30. The molecular weight excluding hydrogens is 675 g/mol. The average Bonchev–Trinajstić information content (AvgIpc) is 3.13. The van der Waals surface area contributed by atoms with Gasteiger partial charge in [-0.15, -0.1) is 0 Å². The normalized spacial score (nSPS) is 11.9. The van der Waals surface area contributed by atoms with E-state index in [1.54, 1.807) is 0 Å². The highest BCUT2D eigenvalue weighted by Gasteiger charge is 2.17. The summed E-state index contributed by atoms with van der Waals surface area (Å²) < 4.78 is 37.6. The SMILES string of the molecule is CCCCCCCCCCCCCCCCCCOC(=O)CCC(N)C(=O)OCCCCCCCCCCCCCCCCCC.CCS(=O)(=O)O. The maximum absolute atomic E-state index is 12.1. The van der Waals surface area contributed by atoms with Crippen LogP contribution in [-0.2, 0) is 29.2 Å². The molecule has 0 fully saturated rings. The number of rotatable bonds is 39. The van der Waals surface area contributed by atoms with Crippen molar-refractivity contribution in [3.05, 3.63) is 0 Å². The number of esters is 2. The highest BCUT2D eigenvalue weighted by molar-refractivity contribution is 7.85. The molecule has 0 bridgehead atoms. The van der Waals surface area contributed by atoms with Gasteiger partial charge >= 0.3 is 11.9 Å². The van der Waals surface area contributed by atoms with Crippen LogP contribution in [0.1, 0.15) is 239 Å². The number of ether oxygens (including phenoxy) is 2. The molecule has 0 aromatic heterocycles. The number of hydrogen-bond donors (Lipinski definition) is 2. The van der Waals surface area contributed by atoms with E-state index in [9.17, 15) is 18.0 Å². The van der Waals surface area contributed by atoms with Crippen molar-refractivity contribution in [3.63, 3.8) is 0 Å². The largest absolute Gasteiger partial charge is 0.466 e. The Hall–Kier alpha value is -1.19. The van der Waals surface area contributed by atoms with Crippen LogP contribution in [0, 0.1) is 0 Å². The van der Waals surface area contributed by atoms with Crippen LogP contribution < -0.4 is 5.73 Å². The molecule has 0 saturated carbocycles. The molecule has 0 aromatic carbocycles. The number of carbonyl (C=O) groups excluding carboxylic acids is 2. The van der Waals surface area contributed by atoms with Gasteiger partial charge in [0.05, 0.1) is 19.0 Å². The minimum atomic E-state index is -3.66. The van der Waals surface area contributed by atoms with Crippen molar-refractivity contribution in [1.82, 2.24) is 0 Å². The summed E-state index contributed by atoms with van der Waals surface area (Å²) in [5, 5.41) is 0. The van der Waals surface area contributed by atoms with E-state index in [0.717, 1.165) is 25.7 Å². The summed E-state index contributed by atoms with van der Waals surface area (Å²) in [6, 6.07) is -0.746. The van der Waals surface area contributed by atoms with Crippen LogP contribution in [0.5, 0.6) is 0 Å². The maximum Gasteiger partial charge on any atom is 0.322 e. The Labute approximate surface area is 323 Å². The van der Waals surface area contributed by atoms with Crippen LogP contribution >= 0.6 is 0 Å². The highest BCUT2D eigenvalue weighted by atomic mass is 32.2. The summed E-state index contributed by atoms with van der Waals surface area (Å²) in [6.07, 6.45) is 42.8. The van der Waals surface area contributed by atoms with E-state index in [2.05, 4.69) is 13.8 Å². The highest BCUT2D eigenvalue weighted by Crippen LogP contribution is 2.15. The fraction of sp³-hybridized carbons (Fsp3) is 0.953. The minimum absolute atomic E-state index is 0.175. The van der Waals surface area contributed by atoms with Gasteiger partial charge in [-0.25, -0.2) is 0 Å². The van der Waals surface area contributed by atoms with E-state index >= 15 is 0 Å². The molecule has 0 radical (unpaired) electrons. The Morgan fingerprint density at radius 3 is 1.00 bits per heavy atom. The zero-order valence-electron chi connectivity index (χ0n) is 34.6. The van der Waals surface area contributed by atoms with E-state index in [4.69, 9.17) is 19.8 Å². The van der Waals surface area contributed by atoms with Gasteiger partial charge in [-0.1, -0.05) is 206 Å². The Morgan fingerprint density at radius 2 is 0.731 bits per heavy atom. The van der Waals surface area contributed by atoms with Gasteiger partial charge in [0.2, 0.25) is 0 Å². The molecular formula is C43H87NO7S. The first-order valence-electron chi connectivity index (χ1n) is 22.2. The molecule has 52 heavy (non-hydrogen) atoms. The van der Waals surface area contributed by atoms with Gasteiger partial charge in [0, 0.05) is 6.42 Å². The third-order valence-electron chi connectivity index (χ3n) is 9.83.